The van der Waals surface area contributed by atoms with E-state index in [1.54, 1.807) is 13.2 Å². The SMILES string of the molecule is COc1cccc(COc2coc(CN3CCCN(S(=O)(=O)c4ccc(OC)c(OC)c4)CC3)cc2=O)c1. The zero-order valence-corrected chi connectivity index (χ0v) is 22.5. The molecule has 2 heterocycles. The topological polar surface area (TPSA) is 108 Å². The van der Waals surface area contributed by atoms with Gasteiger partial charge in [-0.25, -0.2) is 8.42 Å². The van der Waals surface area contributed by atoms with Crippen molar-refractivity contribution in [1.29, 1.82) is 0 Å². The van der Waals surface area contributed by atoms with E-state index in [0.29, 0.717) is 62.2 Å². The van der Waals surface area contributed by atoms with Gasteiger partial charge in [0.2, 0.25) is 21.2 Å². The van der Waals surface area contributed by atoms with E-state index in [2.05, 4.69) is 4.90 Å². The van der Waals surface area contributed by atoms with Crippen molar-refractivity contribution in [3.05, 3.63) is 76.3 Å². The Morgan fingerprint density at radius 1 is 0.868 bits per heavy atom. The number of sulfonamides is 1. The van der Waals surface area contributed by atoms with E-state index < -0.39 is 10.0 Å². The lowest BCUT2D eigenvalue weighted by atomic mass is 10.2. The van der Waals surface area contributed by atoms with Gasteiger partial charge in [0.1, 0.15) is 24.4 Å². The van der Waals surface area contributed by atoms with Crippen LogP contribution in [0.4, 0.5) is 0 Å². The number of nitrogens with zero attached hydrogens (tertiary/aromatic N) is 2. The van der Waals surface area contributed by atoms with Gasteiger partial charge in [-0.05, 0) is 42.8 Å². The van der Waals surface area contributed by atoms with E-state index in [0.717, 1.165) is 5.56 Å². The fraction of sp³-hybridized carbons (Fsp3) is 0.370. The highest BCUT2D eigenvalue weighted by molar-refractivity contribution is 7.89. The molecule has 0 aliphatic carbocycles. The van der Waals surface area contributed by atoms with Crippen LogP contribution in [0.15, 0.2) is 68.9 Å². The van der Waals surface area contributed by atoms with Crippen LogP contribution in [0.5, 0.6) is 23.0 Å². The van der Waals surface area contributed by atoms with Crippen molar-refractivity contribution < 1.29 is 31.8 Å². The predicted molar refractivity (Wildman–Crippen MR) is 141 cm³/mol. The third-order valence-corrected chi connectivity index (χ3v) is 8.20. The Morgan fingerprint density at radius 2 is 1.68 bits per heavy atom. The molecule has 4 rings (SSSR count). The van der Waals surface area contributed by atoms with Gasteiger partial charge >= 0.3 is 0 Å². The summed E-state index contributed by atoms with van der Waals surface area (Å²) in [6, 6.07) is 13.4. The molecule has 38 heavy (non-hydrogen) atoms. The summed E-state index contributed by atoms with van der Waals surface area (Å²) in [5.74, 6) is 2.14. The Bertz CT molecular complexity index is 1410. The zero-order chi connectivity index (χ0) is 27.1. The summed E-state index contributed by atoms with van der Waals surface area (Å²) < 4.78 is 55.1. The van der Waals surface area contributed by atoms with Gasteiger partial charge in [0.05, 0.1) is 32.8 Å². The van der Waals surface area contributed by atoms with Crippen molar-refractivity contribution >= 4 is 10.0 Å². The molecule has 1 aromatic heterocycles. The molecule has 10 nitrogen and oxygen atoms in total. The third kappa shape index (κ3) is 6.47. The molecule has 0 bridgehead atoms. The fourth-order valence-corrected chi connectivity index (χ4v) is 5.73. The molecule has 2 aromatic carbocycles. The van der Waals surface area contributed by atoms with Crippen LogP contribution in [0.3, 0.4) is 0 Å². The molecule has 1 aliphatic rings. The highest BCUT2D eigenvalue weighted by atomic mass is 32.2. The highest BCUT2D eigenvalue weighted by Crippen LogP contribution is 2.31. The monoisotopic (exact) mass is 544 g/mol. The van der Waals surface area contributed by atoms with Crippen LogP contribution in [0.2, 0.25) is 0 Å². The van der Waals surface area contributed by atoms with E-state index >= 15 is 0 Å². The zero-order valence-electron chi connectivity index (χ0n) is 21.7. The molecular formula is C27H32N2O8S. The number of methoxy groups -OCH3 is 3. The van der Waals surface area contributed by atoms with Crippen molar-refractivity contribution in [2.75, 3.05) is 47.5 Å². The number of benzene rings is 2. The van der Waals surface area contributed by atoms with E-state index in [9.17, 15) is 13.2 Å². The Kier molecular flexibility index (Phi) is 8.93. The van der Waals surface area contributed by atoms with Crippen LogP contribution in [-0.4, -0.2) is 65.1 Å². The predicted octanol–water partition coefficient (Wildman–Crippen LogP) is 3.14. The first kappa shape index (κ1) is 27.5. The van der Waals surface area contributed by atoms with Crippen molar-refractivity contribution in [3.63, 3.8) is 0 Å². The maximum atomic E-state index is 13.3. The van der Waals surface area contributed by atoms with Gasteiger partial charge in [-0.15, -0.1) is 0 Å². The molecular weight excluding hydrogens is 512 g/mol. The summed E-state index contributed by atoms with van der Waals surface area (Å²) in [6.45, 7) is 2.43. The van der Waals surface area contributed by atoms with Crippen LogP contribution in [0.1, 0.15) is 17.7 Å². The van der Waals surface area contributed by atoms with Crippen molar-refractivity contribution in [1.82, 2.24) is 9.21 Å². The molecule has 0 N–H and O–H groups in total. The fourth-order valence-electron chi connectivity index (χ4n) is 4.24. The first-order valence-electron chi connectivity index (χ1n) is 12.2. The Balaban J connectivity index is 1.36. The average Bonchev–Trinajstić information content (AvgIpc) is 3.18. The minimum atomic E-state index is -3.71. The van der Waals surface area contributed by atoms with E-state index in [-0.39, 0.29) is 22.7 Å². The lowest BCUT2D eigenvalue weighted by Crippen LogP contribution is -2.35. The highest BCUT2D eigenvalue weighted by Gasteiger charge is 2.28. The lowest BCUT2D eigenvalue weighted by Gasteiger charge is -2.22. The summed E-state index contributed by atoms with van der Waals surface area (Å²) in [4.78, 5) is 14.8. The summed E-state index contributed by atoms with van der Waals surface area (Å²) in [6.07, 6.45) is 1.96. The van der Waals surface area contributed by atoms with Crippen molar-refractivity contribution in [2.24, 2.45) is 0 Å². The van der Waals surface area contributed by atoms with Crippen molar-refractivity contribution in [2.45, 2.75) is 24.5 Å². The lowest BCUT2D eigenvalue weighted by molar-refractivity contribution is 0.245. The van der Waals surface area contributed by atoms with Gasteiger partial charge in [-0.1, -0.05) is 12.1 Å². The maximum Gasteiger partial charge on any atom is 0.243 e. The van der Waals surface area contributed by atoms with Gasteiger partial charge in [-0.2, -0.15) is 4.31 Å². The largest absolute Gasteiger partial charge is 0.497 e. The molecule has 0 unspecified atom stereocenters. The minimum absolute atomic E-state index is 0.125. The summed E-state index contributed by atoms with van der Waals surface area (Å²) in [7, 11) is 0.846. The second kappa shape index (κ2) is 12.3. The van der Waals surface area contributed by atoms with Crippen LogP contribution in [0, 0.1) is 0 Å². The second-order valence-corrected chi connectivity index (χ2v) is 10.7. The molecule has 1 aliphatic heterocycles. The molecule has 0 radical (unpaired) electrons. The third-order valence-electron chi connectivity index (χ3n) is 6.30. The number of ether oxygens (including phenoxy) is 4. The normalized spacial score (nSPS) is 15.0. The summed E-state index contributed by atoms with van der Waals surface area (Å²) >= 11 is 0. The molecule has 0 saturated carbocycles. The summed E-state index contributed by atoms with van der Waals surface area (Å²) in [5.41, 5.74) is 0.589. The first-order valence-corrected chi connectivity index (χ1v) is 13.6. The molecule has 0 atom stereocenters. The Morgan fingerprint density at radius 3 is 2.42 bits per heavy atom. The minimum Gasteiger partial charge on any atom is -0.497 e. The van der Waals surface area contributed by atoms with E-state index in [1.807, 2.05) is 24.3 Å². The van der Waals surface area contributed by atoms with Crippen LogP contribution < -0.4 is 24.4 Å². The van der Waals surface area contributed by atoms with E-state index in [1.165, 1.54) is 43.0 Å². The van der Waals surface area contributed by atoms with Crippen molar-refractivity contribution in [3.8, 4) is 23.0 Å². The van der Waals surface area contributed by atoms with E-state index in [4.69, 9.17) is 23.4 Å². The summed E-state index contributed by atoms with van der Waals surface area (Å²) in [5, 5.41) is 0. The number of rotatable bonds is 10. The average molecular weight is 545 g/mol. The van der Waals surface area contributed by atoms with Crippen LogP contribution in [-0.2, 0) is 23.2 Å². The van der Waals surface area contributed by atoms with Crippen LogP contribution >= 0.6 is 0 Å². The van der Waals surface area contributed by atoms with Gasteiger partial charge in [-0.3, -0.25) is 9.69 Å². The number of hydrogen-bond donors (Lipinski definition) is 0. The second-order valence-electron chi connectivity index (χ2n) is 8.77. The standard InChI is InChI=1S/C27H32N2O8S/c1-33-21-7-4-6-20(14-21)18-37-27-19-36-22(15-24(27)30)17-28-10-5-11-29(13-12-28)38(31,32)23-8-9-25(34-2)26(16-23)35-3/h4,6-9,14-16,19H,5,10-13,17-18H2,1-3H3. The van der Waals surface area contributed by atoms with Crippen LogP contribution in [0.25, 0.3) is 0 Å². The molecule has 11 heteroatoms. The Hall–Kier alpha value is -3.54. The van der Waals surface area contributed by atoms with Gasteiger partial charge in [0.15, 0.2) is 11.5 Å². The maximum absolute atomic E-state index is 13.3. The molecule has 204 valence electrons. The first-order chi connectivity index (χ1) is 18.3. The smallest absolute Gasteiger partial charge is 0.243 e. The van der Waals surface area contributed by atoms with Gasteiger partial charge in [0, 0.05) is 31.8 Å². The molecule has 1 fully saturated rings. The van der Waals surface area contributed by atoms with Gasteiger partial charge in [0.25, 0.3) is 0 Å². The Labute approximate surface area is 222 Å². The molecule has 3 aromatic rings. The molecule has 0 spiro atoms. The molecule has 0 amide bonds. The van der Waals surface area contributed by atoms with Gasteiger partial charge < -0.3 is 23.4 Å². The molecule has 1 saturated heterocycles. The number of hydrogen-bond acceptors (Lipinski definition) is 9. The quantitative estimate of drug-likeness (QED) is 0.380.